The lowest BCUT2D eigenvalue weighted by Crippen LogP contribution is -1.92. The van der Waals surface area contributed by atoms with Crippen molar-refractivity contribution in [1.82, 2.24) is 15.1 Å². The zero-order valence-electron chi connectivity index (χ0n) is 12.2. The number of benzene rings is 1. The van der Waals surface area contributed by atoms with Crippen LogP contribution in [-0.2, 0) is 0 Å². The summed E-state index contributed by atoms with van der Waals surface area (Å²) in [5, 5.41) is 4.10. The van der Waals surface area contributed by atoms with Gasteiger partial charge in [0, 0.05) is 23.9 Å². The summed E-state index contributed by atoms with van der Waals surface area (Å²) >= 11 is 0. The second-order valence-corrected chi connectivity index (χ2v) is 5.76. The lowest BCUT2D eigenvalue weighted by atomic mass is 10.1. The summed E-state index contributed by atoms with van der Waals surface area (Å²) in [5.41, 5.74) is 2.09. The van der Waals surface area contributed by atoms with Crippen molar-refractivity contribution in [1.29, 1.82) is 0 Å². The van der Waals surface area contributed by atoms with Crippen molar-refractivity contribution in [3.05, 3.63) is 54.2 Å². The van der Waals surface area contributed by atoms with Crippen molar-refractivity contribution in [2.75, 3.05) is 6.79 Å². The standard InChI is InChI=1S/C17H13N3O3/c1-2-11(8-18-5-1)12-7-13(12)17-19-16(20-23-17)10-3-4-14-15(6-10)22-9-21-14/h1-6,8,12-13H,7,9H2/t12-,13+/m1/s1. The topological polar surface area (TPSA) is 70.3 Å². The molecule has 2 aromatic heterocycles. The largest absolute Gasteiger partial charge is 0.454 e. The van der Waals surface area contributed by atoms with Crippen LogP contribution in [0.25, 0.3) is 11.4 Å². The Morgan fingerprint density at radius 1 is 1.04 bits per heavy atom. The number of nitrogens with zero attached hydrogens (tertiary/aromatic N) is 3. The smallest absolute Gasteiger partial charge is 0.231 e. The zero-order chi connectivity index (χ0) is 15.2. The highest BCUT2D eigenvalue weighted by Gasteiger charge is 2.43. The molecule has 0 radical (unpaired) electrons. The molecule has 114 valence electrons. The third-order valence-electron chi connectivity index (χ3n) is 4.29. The highest BCUT2D eigenvalue weighted by atomic mass is 16.7. The average Bonchev–Trinajstić information content (AvgIpc) is 3.04. The Hall–Kier alpha value is -2.89. The molecule has 6 nitrogen and oxygen atoms in total. The van der Waals surface area contributed by atoms with E-state index in [2.05, 4.69) is 21.2 Å². The van der Waals surface area contributed by atoms with Gasteiger partial charge in [-0.25, -0.2) is 0 Å². The number of ether oxygens (including phenoxy) is 2. The summed E-state index contributed by atoms with van der Waals surface area (Å²) in [4.78, 5) is 8.72. The van der Waals surface area contributed by atoms with Gasteiger partial charge >= 0.3 is 0 Å². The van der Waals surface area contributed by atoms with Crippen LogP contribution in [0.3, 0.4) is 0 Å². The second kappa shape index (κ2) is 4.81. The minimum atomic E-state index is 0.255. The molecule has 1 aromatic carbocycles. The molecule has 3 aromatic rings. The third kappa shape index (κ3) is 2.14. The molecule has 1 fully saturated rings. The van der Waals surface area contributed by atoms with E-state index < -0.39 is 0 Å². The summed E-state index contributed by atoms with van der Waals surface area (Å²) in [6.45, 7) is 0.255. The molecule has 0 saturated heterocycles. The molecule has 0 spiro atoms. The Labute approximate surface area is 132 Å². The van der Waals surface area contributed by atoms with Gasteiger partial charge in [0.1, 0.15) is 0 Å². The lowest BCUT2D eigenvalue weighted by molar-refractivity contribution is 0.174. The maximum absolute atomic E-state index is 5.46. The van der Waals surface area contributed by atoms with E-state index in [1.54, 1.807) is 6.20 Å². The van der Waals surface area contributed by atoms with E-state index in [1.165, 1.54) is 5.56 Å². The number of aromatic nitrogens is 3. The fraction of sp³-hybridized carbons (Fsp3) is 0.235. The summed E-state index contributed by atoms with van der Waals surface area (Å²) in [6, 6.07) is 9.70. The van der Waals surface area contributed by atoms with Gasteiger partial charge in [0.05, 0.1) is 0 Å². The summed E-state index contributed by atoms with van der Waals surface area (Å²) in [5.74, 6) is 3.44. The van der Waals surface area contributed by atoms with Crippen molar-refractivity contribution in [3.63, 3.8) is 0 Å². The zero-order valence-corrected chi connectivity index (χ0v) is 12.2. The minimum absolute atomic E-state index is 0.255. The van der Waals surface area contributed by atoms with Crippen LogP contribution in [0.4, 0.5) is 0 Å². The molecule has 5 rings (SSSR count). The van der Waals surface area contributed by atoms with Crippen molar-refractivity contribution in [2.24, 2.45) is 0 Å². The van der Waals surface area contributed by atoms with Crippen LogP contribution in [0.1, 0.15) is 29.7 Å². The molecular weight excluding hydrogens is 294 g/mol. The molecule has 6 heteroatoms. The highest BCUT2D eigenvalue weighted by Crippen LogP contribution is 2.54. The fourth-order valence-corrected chi connectivity index (χ4v) is 2.97. The van der Waals surface area contributed by atoms with Gasteiger partial charge in [0.15, 0.2) is 11.5 Å². The molecule has 1 saturated carbocycles. The van der Waals surface area contributed by atoms with Gasteiger partial charge in [0.25, 0.3) is 0 Å². The summed E-state index contributed by atoms with van der Waals surface area (Å²) in [6.07, 6.45) is 4.71. The third-order valence-corrected chi connectivity index (χ3v) is 4.29. The molecule has 3 heterocycles. The molecule has 0 unspecified atom stereocenters. The van der Waals surface area contributed by atoms with Gasteiger partial charge in [-0.15, -0.1) is 0 Å². The van der Waals surface area contributed by atoms with Gasteiger partial charge in [-0.05, 0) is 42.2 Å². The van der Waals surface area contributed by atoms with Crippen molar-refractivity contribution in [2.45, 2.75) is 18.3 Å². The Kier molecular flexibility index (Phi) is 2.64. The van der Waals surface area contributed by atoms with Gasteiger partial charge < -0.3 is 14.0 Å². The van der Waals surface area contributed by atoms with E-state index in [-0.39, 0.29) is 12.7 Å². The van der Waals surface area contributed by atoms with E-state index in [9.17, 15) is 0 Å². The number of pyridine rings is 1. The van der Waals surface area contributed by atoms with Gasteiger partial charge in [-0.1, -0.05) is 11.2 Å². The first-order valence-electron chi connectivity index (χ1n) is 7.52. The van der Waals surface area contributed by atoms with E-state index in [0.29, 0.717) is 23.4 Å². The van der Waals surface area contributed by atoms with Crippen LogP contribution in [0.2, 0.25) is 0 Å². The molecule has 2 aliphatic rings. The average molecular weight is 307 g/mol. The Morgan fingerprint density at radius 3 is 2.91 bits per heavy atom. The van der Waals surface area contributed by atoms with Crippen LogP contribution in [0, 0.1) is 0 Å². The summed E-state index contributed by atoms with van der Waals surface area (Å²) < 4.78 is 16.2. The van der Waals surface area contributed by atoms with Gasteiger partial charge in [-0.3, -0.25) is 4.98 Å². The maximum Gasteiger partial charge on any atom is 0.231 e. The number of rotatable bonds is 3. The fourth-order valence-electron chi connectivity index (χ4n) is 2.97. The van der Waals surface area contributed by atoms with E-state index in [1.807, 2.05) is 30.5 Å². The van der Waals surface area contributed by atoms with E-state index >= 15 is 0 Å². The number of hydrogen-bond acceptors (Lipinski definition) is 6. The maximum atomic E-state index is 5.46. The van der Waals surface area contributed by atoms with Crippen LogP contribution in [-0.4, -0.2) is 21.9 Å². The first kappa shape index (κ1) is 12.6. The Morgan fingerprint density at radius 2 is 2.00 bits per heavy atom. The molecule has 0 N–H and O–H groups in total. The summed E-state index contributed by atoms with van der Waals surface area (Å²) in [7, 11) is 0. The SMILES string of the molecule is c1cncc([C@H]2C[C@@H]2c2nc(-c3ccc4c(c3)OCO4)no2)c1. The molecule has 2 atom stereocenters. The molecule has 0 amide bonds. The van der Waals surface area contributed by atoms with E-state index in [4.69, 9.17) is 14.0 Å². The normalized spacial score (nSPS) is 21.4. The van der Waals surface area contributed by atoms with Crippen molar-refractivity contribution < 1.29 is 14.0 Å². The lowest BCUT2D eigenvalue weighted by Gasteiger charge is -1.97. The van der Waals surface area contributed by atoms with Gasteiger partial charge in [0.2, 0.25) is 18.5 Å². The van der Waals surface area contributed by atoms with Crippen molar-refractivity contribution >= 4 is 0 Å². The van der Waals surface area contributed by atoms with Gasteiger partial charge in [-0.2, -0.15) is 4.98 Å². The second-order valence-electron chi connectivity index (χ2n) is 5.76. The Bertz CT molecular complexity index is 863. The molecule has 1 aliphatic heterocycles. The molecule has 1 aliphatic carbocycles. The van der Waals surface area contributed by atoms with Crippen LogP contribution in [0.15, 0.2) is 47.2 Å². The molecule has 23 heavy (non-hydrogen) atoms. The predicted molar refractivity (Wildman–Crippen MR) is 80.2 cm³/mol. The van der Waals surface area contributed by atoms with Crippen LogP contribution >= 0.6 is 0 Å². The van der Waals surface area contributed by atoms with Crippen LogP contribution < -0.4 is 9.47 Å². The number of hydrogen-bond donors (Lipinski definition) is 0. The number of fused-ring (bicyclic) bond motifs is 1. The molecular formula is C17H13N3O3. The molecule has 0 bridgehead atoms. The van der Waals surface area contributed by atoms with Crippen molar-refractivity contribution in [3.8, 4) is 22.9 Å². The Balaban J connectivity index is 1.39. The van der Waals surface area contributed by atoms with E-state index in [0.717, 1.165) is 17.7 Å². The highest BCUT2D eigenvalue weighted by molar-refractivity contribution is 5.61. The van der Waals surface area contributed by atoms with Crippen LogP contribution in [0.5, 0.6) is 11.5 Å². The predicted octanol–water partition coefficient (Wildman–Crippen LogP) is 3.13. The minimum Gasteiger partial charge on any atom is -0.454 e. The monoisotopic (exact) mass is 307 g/mol. The first-order valence-corrected chi connectivity index (χ1v) is 7.52. The quantitative estimate of drug-likeness (QED) is 0.740. The first-order chi connectivity index (χ1) is 11.4.